The lowest BCUT2D eigenvalue weighted by Crippen LogP contribution is -2.42. The van der Waals surface area contributed by atoms with Gasteiger partial charge < -0.3 is 24.2 Å². The van der Waals surface area contributed by atoms with E-state index < -0.39 is 17.7 Å². The van der Waals surface area contributed by atoms with Gasteiger partial charge >= 0.3 is 0 Å². The van der Waals surface area contributed by atoms with Crippen LogP contribution in [0.4, 0.5) is 0 Å². The van der Waals surface area contributed by atoms with Gasteiger partial charge in [-0.15, -0.1) is 0 Å². The number of carbonyl (C=O) groups is 2. The van der Waals surface area contributed by atoms with E-state index in [9.17, 15) is 14.7 Å². The Balaban J connectivity index is 1.46. The minimum atomic E-state index is -0.744. The number of benzene rings is 3. The highest BCUT2D eigenvalue weighted by Gasteiger charge is 2.46. The molecule has 2 aliphatic rings. The molecule has 0 radical (unpaired) electrons. The molecule has 0 bridgehead atoms. The number of aliphatic hydroxyl groups excluding tert-OH is 1. The van der Waals surface area contributed by atoms with Crippen molar-refractivity contribution in [1.29, 1.82) is 0 Å². The predicted molar refractivity (Wildman–Crippen MR) is 160 cm³/mol. The molecule has 3 aromatic carbocycles. The third kappa shape index (κ3) is 6.56. The number of Topliss-reactive ketones (excluding diaryl/α,β-unsaturated/α-hetero) is 1. The van der Waals surface area contributed by atoms with Crippen molar-refractivity contribution in [3.05, 3.63) is 113 Å². The molecule has 8 heteroatoms. The molecule has 42 heavy (non-hydrogen) atoms. The van der Waals surface area contributed by atoms with Gasteiger partial charge in [0.2, 0.25) is 0 Å². The van der Waals surface area contributed by atoms with E-state index in [0.717, 1.165) is 24.2 Å². The second-order valence-electron chi connectivity index (χ2n) is 10.4. The molecule has 2 heterocycles. The van der Waals surface area contributed by atoms with Crippen LogP contribution >= 0.6 is 0 Å². The van der Waals surface area contributed by atoms with E-state index in [-0.39, 0.29) is 11.3 Å². The molecule has 1 amide bonds. The Morgan fingerprint density at radius 2 is 1.74 bits per heavy atom. The highest BCUT2D eigenvalue weighted by atomic mass is 16.5. The lowest BCUT2D eigenvalue weighted by molar-refractivity contribution is -0.140. The monoisotopic (exact) mass is 568 g/mol. The van der Waals surface area contributed by atoms with E-state index in [1.54, 1.807) is 29.2 Å². The first-order valence-corrected chi connectivity index (χ1v) is 14.2. The van der Waals surface area contributed by atoms with Gasteiger partial charge in [-0.2, -0.15) is 0 Å². The Morgan fingerprint density at radius 3 is 2.43 bits per heavy atom. The van der Waals surface area contributed by atoms with E-state index in [1.807, 2.05) is 61.5 Å². The van der Waals surface area contributed by atoms with Gasteiger partial charge in [0.1, 0.15) is 30.5 Å². The summed E-state index contributed by atoms with van der Waals surface area (Å²) in [5.74, 6) is -0.218. The van der Waals surface area contributed by atoms with E-state index in [1.165, 1.54) is 0 Å². The van der Waals surface area contributed by atoms with Crippen LogP contribution < -0.4 is 9.47 Å². The SMILES string of the molecule is C=CCOc1ccc(C(O)=C2C(=O)C(=O)N(CCN3CCOCC3)C2c2ccc(OCc3ccccc3)cc2)cc1C. The van der Waals surface area contributed by atoms with Crippen LogP contribution in [0.5, 0.6) is 11.5 Å². The summed E-state index contributed by atoms with van der Waals surface area (Å²) in [6.45, 7) is 10.1. The van der Waals surface area contributed by atoms with Gasteiger partial charge in [0, 0.05) is 31.7 Å². The summed E-state index contributed by atoms with van der Waals surface area (Å²) < 4.78 is 17.1. The first kappa shape index (κ1) is 29.1. The second-order valence-corrected chi connectivity index (χ2v) is 10.4. The lowest BCUT2D eigenvalue weighted by Gasteiger charge is -2.31. The standard InChI is InChI=1S/C34H36N2O6/c1-3-19-41-29-14-11-27(22-24(29)2)32(37)30-31(36(34(39)33(30)38)16-15-35-17-20-40-21-18-35)26-9-12-28(13-10-26)42-23-25-7-5-4-6-8-25/h3-14,22,31,37H,1,15-21,23H2,2H3. The highest BCUT2D eigenvalue weighted by Crippen LogP contribution is 2.40. The summed E-state index contributed by atoms with van der Waals surface area (Å²) in [6.07, 6.45) is 1.66. The minimum absolute atomic E-state index is 0.0686. The van der Waals surface area contributed by atoms with E-state index in [4.69, 9.17) is 14.2 Å². The van der Waals surface area contributed by atoms with Crippen LogP contribution in [-0.4, -0.2) is 72.6 Å². The Bertz CT molecular complexity index is 1440. The quantitative estimate of drug-likeness (QED) is 0.152. The molecule has 0 aliphatic carbocycles. The third-order valence-electron chi connectivity index (χ3n) is 7.55. The summed E-state index contributed by atoms with van der Waals surface area (Å²) in [7, 11) is 0. The fraction of sp³-hybridized carbons (Fsp3) is 0.294. The van der Waals surface area contributed by atoms with Crippen LogP contribution in [0.2, 0.25) is 0 Å². The maximum atomic E-state index is 13.5. The van der Waals surface area contributed by atoms with Crippen LogP contribution in [-0.2, 0) is 20.9 Å². The number of carbonyl (C=O) groups excluding carboxylic acids is 2. The van der Waals surface area contributed by atoms with Crippen molar-refractivity contribution in [2.45, 2.75) is 19.6 Å². The summed E-state index contributed by atoms with van der Waals surface area (Å²) in [6, 6.07) is 21.7. The molecule has 1 unspecified atom stereocenters. The summed E-state index contributed by atoms with van der Waals surface area (Å²) in [4.78, 5) is 30.7. The summed E-state index contributed by atoms with van der Waals surface area (Å²) in [5, 5.41) is 11.5. The average Bonchev–Trinajstić information content (AvgIpc) is 3.28. The van der Waals surface area contributed by atoms with Gasteiger partial charge in [-0.1, -0.05) is 55.1 Å². The number of ketones is 1. The number of aliphatic hydroxyl groups is 1. The van der Waals surface area contributed by atoms with Crippen molar-refractivity contribution in [3.63, 3.8) is 0 Å². The third-order valence-corrected chi connectivity index (χ3v) is 7.55. The molecule has 218 valence electrons. The van der Waals surface area contributed by atoms with Crippen LogP contribution in [0.25, 0.3) is 5.76 Å². The van der Waals surface area contributed by atoms with Gasteiger partial charge in [0.25, 0.3) is 11.7 Å². The first-order valence-electron chi connectivity index (χ1n) is 14.2. The van der Waals surface area contributed by atoms with Gasteiger partial charge in [0.15, 0.2) is 0 Å². The largest absolute Gasteiger partial charge is 0.507 e. The Morgan fingerprint density at radius 1 is 1.00 bits per heavy atom. The number of aryl methyl sites for hydroxylation is 1. The second kappa shape index (κ2) is 13.5. The zero-order valence-corrected chi connectivity index (χ0v) is 23.8. The van der Waals surface area contributed by atoms with Crippen LogP contribution in [0, 0.1) is 6.92 Å². The van der Waals surface area contributed by atoms with Crippen molar-refractivity contribution < 1.29 is 28.9 Å². The molecule has 2 aliphatic heterocycles. The number of nitrogens with zero attached hydrogens (tertiary/aromatic N) is 2. The number of rotatable bonds is 11. The number of amides is 1. The van der Waals surface area contributed by atoms with Crippen molar-refractivity contribution in [2.24, 2.45) is 0 Å². The maximum Gasteiger partial charge on any atom is 0.295 e. The van der Waals surface area contributed by atoms with Crippen LogP contribution in [0.15, 0.2) is 91.0 Å². The summed E-state index contributed by atoms with van der Waals surface area (Å²) in [5.41, 5.74) is 3.07. The van der Waals surface area contributed by atoms with Crippen LogP contribution in [0.1, 0.15) is 28.3 Å². The number of morpholine rings is 1. The molecule has 8 nitrogen and oxygen atoms in total. The molecule has 1 atom stereocenters. The zero-order valence-electron chi connectivity index (χ0n) is 23.8. The molecular weight excluding hydrogens is 532 g/mol. The first-order chi connectivity index (χ1) is 20.5. The number of hydrogen-bond acceptors (Lipinski definition) is 7. The molecule has 1 N–H and O–H groups in total. The van der Waals surface area contributed by atoms with E-state index >= 15 is 0 Å². The molecule has 0 saturated carbocycles. The van der Waals surface area contributed by atoms with E-state index in [0.29, 0.717) is 62.1 Å². The number of likely N-dealkylation sites (tertiary alicyclic amines) is 1. The minimum Gasteiger partial charge on any atom is -0.507 e. The molecule has 2 saturated heterocycles. The van der Waals surface area contributed by atoms with Gasteiger partial charge in [-0.3, -0.25) is 14.5 Å². The Labute approximate surface area is 246 Å². The normalized spacial score (nSPS) is 18.7. The topological polar surface area (TPSA) is 88.5 Å². The maximum absolute atomic E-state index is 13.5. The Kier molecular flexibility index (Phi) is 9.36. The molecule has 2 fully saturated rings. The highest BCUT2D eigenvalue weighted by molar-refractivity contribution is 6.46. The zero-order chi connectivity index (χ0) is 29.5. The van der Waals surface area contributed by atoms with Crippen molar-refractivity contribution in [2.75, 3.05) is 46.0 Å². The molecule has 0 spiro atoms. The average molecular weight is 569 g/mol. The molecule has 5 rings (SSSR count). The van der Waals surface area contributed by atoms with Crippen LogP contribution in [0.3, 0.4) is 0 Å². The van der Waals surface area contributed by atoms with Crippen molar-refractivity contribution >= 4 is 17.4 Å². The molecular formula is C34H36N2O6. The van der Waals surface area contributed by atoms with Crippen molar-refractivity contribution in [3.8, 4) is 11.5 Å². The van der Waals surface area contributed by atoms with Gasteiger partial charge in [-0.05, 0) is 53.9 Å². The van der Waals surface area contributed by atoms with Gasteiger partial charge in [0.05, 0.1) is 24.8 Å². The molecule has 0 aromatic heterocycles. The molecule has 3 aromatic rings. The summed E-state index contributed by atoms with van der Waals surface area (Å²) >= 11 is 0. The lowest BCUT2D eigenvalue weighted by atomic mass is 9.94. The fourth-order valence-electron chi connectivity index (χ4n) is 5.28. The van der Waals surface area contributed by atoms with Crippen molar-refractivity contribution in [1.82, 2.24) is 9.80 Å². The predicted octanol–water partition coefficient (Wildman–Crippen LogP) is 4.89. The smallest absolute Gasteiger partial charge is 0.295 e. The number of ether oxygens (including phenoxy) is 3. The fourth-order valence-corrected chi connectivity index (χ4v) is 5.28. The Hall–Kier alpha value is -4.40. The van der Waals surface area contributed by atoms with E-state index in [2.05, 4.69) is 11.5 Å². The van der Waals surface area contributed by atoms with Gasteiger partial charge in [-0.25, -0.2) is 0 Å². The number of hydrogen-bond donors (Lipinski definition) is 1.